The number of hydrogen-bond acceptors (Lipinski definition) is 1. The first kappa shape index (κ1) is 16.8. The molecule has 0 spiro atoms. The van der Waals surface area contributed by atoms with Crippen molar-refractivity contribution in [3.63, 3.8) is 0 Å². The number of H-pyrrole nitrogens is 1. The summed E-state index contributed by atoms with van der Waals surface area (Å²) in [5, 5.41) is 1.00. The van der Waals surface area contributed by atoms with Gasteiger partial charge in [0.1, 0.15) is 0 Å². The van der Waals surface area contributed by atoms with Gasteiger partial charge in [-0.05, 0) is 48.1 Å². The van der Waals surface area contributed by atoms with Gasteiger partial charge in [-0.25, -0.2) is 4.39 Å². The number of fused-ring (bicyclic) bond motifs is 5. The number of nitrogens with zero attached hydrogens (tertiary/aromatic N) is 1. The van der Waals surface area contributed by atoms with E-state index >= 15 is 4.39 Å². The molecule has 3 heteroatoms. The quantitative estimate of drug-likeness (QED) is 0.367. The van der Waals surface area contributed by atoms with Crippen LogP contribution in [-0.2, 0) is 6.42 Å². The standard InChI is InChI=1S/C26H23FN2/c27-24-20(17-8-10-19(11-9-17)29-14-4-1-5-15-29)12-13-22-23-16-18-6-2-3-7-21(18)25(23)28-26(22)24/h2-3,6-13,28H,1,4-5,14-16H2. The van der Waals surface area contributed by atoms with E-state index in [4.69, 9.17) is 0 Å². The van der Waals surface area contributed by atoms with Crippen LogP contribution in [0.2, 0.25) is 0 Å². The Labute approximate surface area is 170 Å². The molecule has 0 saturated carbocycles. The van der Waals surface area contributed by atoms with Crippen molar-refractivity contribution in [3.8, 4) is 22.4 Å². The molecule has 0 radical (unpaired) electrons. The predicted molar refractivity (Wildman–Crippen MR) is 118 cm³/mol. The van der Waals surface area contributed by atoms with Crippen molar-refractivity contribution in [1.82, 2.24) is 4.98 Å². The van der Waals surface area contributed by atoms with E-state index in [9.17, 15) is 0 Å². The van der Waals surface area contributed by atoms with Gasteiger partial charge in [0.05, 0.1) is 11.2 Å². The molecule has 2 heterocycles. The molecule has 4 aromatic rings. The minimum absolute atomic E-state index is 0.153. The first-order valence-electron chi connectivity index (χ1n) is 10.6. The largest absolute Gasteiger partial charge is 0.372 e. The lowest BCUT2D eigenvalue weighted by Gasteiger charge is -2.28. The van der Waals surface area contributed by atoms with Gasteiger partial charge in [0.25, 0.3) is 0 Å². The zero-order valence-electron chi connectivity index (χ0n) is 16.3. The number of aromatic nitrogens is 1. The fourth-order valence-corrected chi connectivity index (χ4v) is 5.03. The Kier molecular flexibility index (Phi) is 3.77. The maximum atomic E-state index is 15.5. The van der Waals surface area contributed by atoms with Crippen LogP contribution in [0.5, 0.6) is 0 Å². The van der Waals surface area contributed by atoms with Gasteiger partial charge in [-0.2, -0.15) is 0 Å². The SMILES string of the molecule is Fc1c(-c2ccc(N3CCCCC3)cc2)ccc2c3c([nH]c12)-c1ccccc1C3. The van der Waals surface area contributed by atoms with Crippen molar-refractivity contribution >= 4 is 16.6 Å². The van der Waals surface area contributed by atoms with Crippen molar-refractivity contribution in [2.75, 3.05) is 18.0 Å². The minimum atomic E-state index is -0.153. The first-order chi connectivity index (χ1) is 14.3. The van der Waals surface area contributed by atoms with Gasteiger partial charge in [-0.1, -0.05) is 48.5 Å². The highest BCUT2D eigenvalue weighted by atomic mass is 19.1. The van der Waals surface area contributed by atoms with Crippen molar-refractivity contribution in [1.29, 1.82) is 0 Å². The van der Waals surface area contributed by atoms with Gasteiger partial charge in [0, 0.05) is 41.7 Å². The number of aromatic amines is 1. The Morgan fingerprint density at radius 2 is 1.59 bits per heavy atom. The van der Waals surface area contributed by atoms with Crippen molar-refractivity contribution in [2.45, 2.75) is 25.7 Å². The smallest absolute Gasteiger partial charge is 0.155 e. The molecule has 29 heavy (non-hydrogen) atoms. The molecule has 1 saturated heterocycles. The second-order valence-electron chi connectivity index (χ2n) is 8.26. The Balaban J connectivity index is 1.40. The highest BCUT2D eigenvalue weighted by Gasteiger charge is 2.24. The van der Waals surface area contributed by atoms with Crippen LogP contribution < -0.4 is 4.90 Å². The fraction of sp³-hybridized carbons (Fsp3) is 0.231. The monoisotopic (exact) mass is 382 g/mol. The summed E-state index contributed by atoms with van der Waals surface area (Å²) in [6, 6.07) is 20.8. The van der Waals surface area contributed by atoms with Crippen LogP contribution in [-0.4, -0.2) is 18.1 Å². The summed E-state index contributed by atoms with van der Waals surface area (Å²) in [7, 11) is 0. The first-order valence-corrected chi connectivity index (χ1v) is 10.6. The number of halogens is 1. The molecule has 2 aliphatic rings. The van der Waals surface area contributed by atoms with E-state index in [-0.39, 0.29) is 5.82 Å². The van der Waals surface area contributed by atoms with E-state index in [1.807, 2.05) is 12.1 Å². The zero-order valence-corrected chi connectivity index (χ0v) is 16.3. The van der Waals surface area contributed by atoms with E-state index in [1.54, 1.807) is 0 Å². The predicted octanol–water partition coefficient (Wildman–Crippen LogP) is 6.54. The lowest BCUT2D eigenvalue weighted by atomic mass is 10.0. The van der Waals surface area contributed by atoms with Crippen molar-refractivity contribution in [2.24, 2.45) is 0 Å². The van der Waals surface area contributed by atoms with Gasteiger partial charge in [0.2, 0.25) is 0 Å². The summed E-state index contributed by atoms with van der Waals surface area (Å²) < 4.78 is 15.5. The maximum Gasteiger partial charge on any atom is 0.155 e. The van der Waals surface area contributed by atoms with Crippen LogP contribution in [0.25, 0.3) is 33.3 Å². The third-order valence-electron chi connectivity index (χ3n) is 6.57. The Morgan fingerprint density at radius 1 is 0.793 bits per heavy atom. The topological polar surface area (TPSA) is 19.0 Å². The molecule has 1 fully saturated rings. The Hall–Kier alpha value is -3.07. The minimum Gasteiger partial charge on any atom is -0.372 e. The molecule has 1 N–H and O–H groups in total. The molecule has 0 unspecified atom stereocenters. The highest BCUT2D eigenvalue weighted by Crippen LogP contribution is 2.42. The molecule has 0 bridgehead atoms. The molecule has 3 aromatic carbocycles. The molecule has 1 aliphatic heterocycles. The Morgan fingerprint density at radius 3 is 2.41 bits per heavy atom. The van der Waals surface area contributed by atoms with Crippen molar-refractivity contribution < 1.29 is 4.39 Å². The fourth-order valence-electron chi connectivity index (χ4n) is 5.03. The Bertz CT molecular complexity index is 1210. The van der Waals surface area contributed by atoms with E-state index < -0.39 is 0 Å². The molecule has 144 valence electrons. The van der Waals surface area contributed by atoms with Gasteiger partial charge in [0.15, 0.2) is 5.82 Å². The molecule has 6 rings (SSSR count). The summed E-state index contributed by atoms with van der Waals surface area (Å²) in [6.45, 7) is 2.24. The normalized spacial score (nSPS) is 15.6. The van der Waals surface area contributed by atoms with Crippen LogP contribution in [0.15, 0.2) is 60.7 Å². The second kappa shape index (κ2) is 6.48. The number of anilines is 1. The van der Waals surface area contributed by atoms with Gasteiger partial charge < -0.3 is 9.88 Å². The molecular weight excluding hydrogens is 359 g/mol. The van der Waals surface area contributed by atoms with Gasteiger partial charge in [-0.15, -0.1) is 0 Å². The summed E-state index contributed by atoms with van der Waals surface area (Å²) >= 11 is 0. The lowest BCUT2D eigenvalue weighted by Crippen LogP contribution is -2.29. The number of rotatable bonds is 2. The molecule has 1 aliphatic carbocycles. The van der Waals surface area contributed by atoms with Crippen LogP contribution in [0.3, 0.4) is 0 Å². The third-order valence-corrected chi connectivity index (χ3v) is 6.57. The van der Waals surface area contributed by atoms with E-state index in [1.165, 1.54) is 41.6 Å². The second-order valence-corrected chi connectivity index (χ2v) is 8.26. The number of hydrogen-bond donors (Lipinski definition) is 1. The average Bonchev–Trinajstić information content (AvgIpc) is 3.32. The zero-order chi connectivity index (χ0) is 19.4. The molecule has 0 atom stereocenters. The van der Waals surface area contributed by atoms with E-state index in [0.717, 1.165) is 36.2 Å². The highest BCUT2D eigenvalue weighted by molar-refractivity contribution is 5.96. The molecule has 2 nitrogen and oxygen atoms in total. The van der Waals surface area contributed by atoms with Gasteiger partial charge in [-0.3, -0.25) is 0 Å². The number of nitrogens with one attached hydrogen (secondary N) is 1. The van der Waals surface area contributed by atoms with E-state index in [0.29, 0.717) is 11.1 Å². The third kappa shape index (κ3) is 2.61. The van der Waals surface area contributed by atoms with Crippen molar-refractivity contribution in [3.05, 3.63) is 77.6 Å². The van der Waals surface area contributed by atoms with Crippen LogP contribution in [0.1, 0.15) is 30.4 Å². The van der Waals surface area contributed by atoms with Crippen LogP contribution in [0.4, 0.5) is 10.1 Å². The summed E-state index contributed by atoms with van der Waals surface area (Å²) in [4.78, 5) is 5.82. The van der Waals surface area contributed by atoms with Crippen LogP contribution in [0, 0.1) is 5.82 Å². The lowest BCUT2D eigenvalue weighted by molar-refractivity contribution is 0.578. The molecular formula is C26H23FN2. The average molecular weight is 382 g/mol. The summed E-state index contributed by atoms with van der Waals surface area (Å²) in [6.07, 6.45) is 4.71. The molecule has 1 aromatic heterocycles. The van der Waals surface area contributed by atoms with Crippen LogP contribution >= 0.6 is 0 Å². The maximum absolute atomic E-state index is 15.5. The summed E-state index contributed by atoms with van der Waals surface area (Å²) in [5.74, 6) is -0.153. The molecule has 0 amide bonds. The number of benzene rings is 3. The van der Waals surface area contributed by atoms with E-state index in [2.05, 4.69) is 58.4 Å². The number of piperidine rings is 1. The van der Waals surface area contributed by atoms with Gasteiger partial charge >= 0.3 is 0 Å². The summed E-state index contributed by atoms with van der Waals surface area (Å²) in [5.41, 5.74) is 8.27.